The summed E-state index contributed by atoms with van der Waals surface area (Å²) in [6, 6.07) is 13.8. The summed E-state index contributed by atoms with van der Waals surface area (Å²) in [5.74, 6) is 0. The van der Waals surface area contributed by atoms with Gasteiger partial charge < -0.3 is 10.6 Å². The molecule has 0 bridgehead atoms. The molecular formula is C14H15ClN2. The Hall–Kier alpha value is -1.67. The zero-order valence-corrected chi connectivity index (χ0v) is 10.7. The molecule has 2 aromatic rings. The van der Waals surface area contributed by atoms with Gasteiger partial charge in [-0.15, -0.1) is 0 Å². The topological polar surface area (TPSA) is 29.3 Å². The highest BCUT2D eigenvalue weighted by atomic mass is 35.5. The van der Waals surface area contributed by atoms with Crippen molar-refractivity contribution in [2.75, 3.05) is 17.7 Å². The molecule has 0 aliphatic heterocycles. The number of hydrogen-bond acceptors (Lipinski definition) is 2. The van der Waals surface area contributed by atoms with Crippen molar-refractivity contribution in [2.45, 2.75) is 6.92 Å². The van der Waals surface area contributed by atoms with Crippen LogP contribution >= 0.6 is 11.6 Å². The number of hydrogen-bond donors (Lipinski definition) is 1. The molecule has 0 unspecified atom stereocenters. The molecule has 0 aliphatic carbocycles. The first-order valence-corrected chi connectivity index (χ1v) is 5.81. The van der Waals surface area contributed by atoms with Crippen molar-refractivity contribution < 1.29 is 0 Å². The van der Waals surface area contributed by atoms with Crippen molar-refractivity contribution in [1.82, 2.24) is 0 Å². The third-order valence-corrected chi connectivity index (χ3v) is 2.97. The highest BCUT2D eigenvalue weighted by molar-refractivity contribution is 6.31. The smallest absolute Gasteiger partial charge is 0.0642 e. The van der Waals surface area contributed by atoms with Crippen LogP contribution in [0.25, 0.3) is 0 Å². The zero-order chi connectivity index (χ0) is 12.4. The van der Waals surface area contributed by atoms with Crippen LogP contribution in [0.2, 0.25) is 5.02 Å². The van der Waals surface area contributed by atoms with Gasteiger partial charge in [0.25, 0.3) is 0 Å². The Labute approximate surface area is 107 Å². The van der Waals surface area contributed by atoms with Crippen LogP contribution in [0.4, 0.5) is 17.1 Å². The Morgan fingerprint density at radius 1 is 1.12 bits per heavy atom. The molecule has 2 nitrogen and oxygen atoms in total. The molecule has 0 amide bonds. The lowest BCUT2D eigenvalue weighted by Gasteiger charge is -2.21. The number of halogens is 1. The van der Waals surface area contributed by atoms with Gasteiger partial charge in [-0.2, -0.15) is 0 Å². The molecule has 0 aliphatic rings. The summed E-state index contributed by atoms with van der Waals surface area (Å²) < 4.78 is 0. The summed E-state index contributed by atoms with van der Waals surface area (Å²) in [4.78, 5) is 2.05. The maximum Gasteiger partial charge on any atom is 0.0642 e. The summed E-state index contributed by atoms with van der Waals surface area (Å²) in [5.41, 5.74) is 9.95. The summed E-state index contributed by atoms with van der Waals surface area (Å²) in [6.45, 7) is 2.07. The zero-order valence-electron chi connectivity index (χ0n) is 9.94. The van der Waals surface area contributed by atoms with Crippen LogP contribution in [0, 0.1) is 6.92 Å². The van der Waals surface area contributed by atoms with E-state index in [-0.39, 0.29) is 0 Å². The predicted molar refractivity (Wildman–Crippen MR) is 75.1 cm³/mol. The van der Waals surface area contributed by atoms with Crippen LogP contribution in [0.5, 0.6) is 0 Å². The summed E-state index contributed by atoms with van der Waals surface area (Å²) >= 11 is 5.89. The van der Waals surface area contributed by atoms with Crippen LogP contribution in [-0.4, -0.2) is 7.05 Å². The van der Waals surface area contributed by atoms with E-state index in [9.17, 15) is 0 Å². The van der Waals surface area contributed by atoms with Crippen molar-refractivity contribution in [2.24, 2.45) is 0 Å². The number of aryl methyl sites for hydroxylation is 1. The van der Waals surface area contributed by atoms with E-state index < -0.39 is 0 Å². The van der Waals surface area contributed by atoms with E-state index in [1.807, 2.05) is 25.2 Å². The molecule has 0 radical (unpaired) electrons. The SMILES string of the molecule is Cc1cccc(N(C)c2ccc(Cl)cc2N)c1. The number of nitrogens with two attached hydrogens (primary N) is 1. The molecule has 0 atom stereocenters. The molecule has 3 heteroatoms. The molecule has 2 rings (SSSR count). The summed E-state index contributed by atoms with van der Waals surface area (Å²) in [6.07, 6.45) is 0. The molecule has 88 valence electrons. The Kier molecular flexibility index (Phi) is 3.25. The second-order valence-electron chi connectivity index (χ2n) is 4.10. The molecule has 0 aromatic heterocycles. The van der Waals surface area contributed by atoms with Crippen molar-refractivity contribution in [3.63, 3.8) is 0 Å². The molecule has 2 N–H and O–H groups in total. The minimum atomic E-state index is 0.656. The largest absolute Gasteiger partial charge is 0.397 e. The summed E-state index contributed by atoms with van der Waals surface area (Å²) in [7, 11) is 1.99. The number of nitrogens with zero attached hydrogens (tertiary/aromatic N) is 1. The first-order chi connectivity index (χ1) is 8.08. The van der Waals surface area contributed by atoms with E-state index in [0.29, 0.717) is 10.7 Å². The van der Waals surface area contributed by atoms with Crippen LogP contribution in [-0.2, 0) is 0 Å². The third kappa shape index (κ3) is 2.53. The molecule has 0 heterocycles. The van der Waals surface area contributed by atoms with Gasteiger partial charge in [-0.25, -0.2) is 0 Å². The van der Waals surface area contributed by atoms with Gasteiger partial charge in [0.1, 0.15) is 0 Å². The maximum atomic E-state index is 5.97. The number of nitrogen functional groups attached to an aromatic ring is 1. The number of benzene rings is 2. The number of rotatable bonds is 2. The fraction of sp³-hybridized carbons (Fsp3) is 0.143. The van der Waals surface area contributed by atoms with Crippen molar-refractivity contribution in [1.29, 1.82) is 0 Å². The fourth-order valence-electron chi connectivity index (χ4n) is 1.81. The average molecular weight is 247 g/mol. The van der Waals surface area contributed by atoms with Crippen LogP contribution in [0.15, 0.2) is 42.5 Å². The first kappa shape index (κ1) is 11.8. The predicted octanol–water partition coefficient (Wildman–Crippen LogP) is 4.00. The van der Waals surface area contributed by atoms with Crippen LogP contribution in [0.3, 0.4) is 0 Å². The van der Waals surface area contributed by atoms with E-state index in [1.54, 1.807) is 6.07 Å². The standard InChI is InChI=1S/C14H15ClN2/c1-10-4-3-5-12(8-10)17(2)14-7-6-11(15)9-13(14)16/h3-9H,16H2,1-2H3. The molecule has 17 heavy (non-hydrogen) atoms. The van der Waals surface area contributed by atoms with Gasteiger partial charge in [-0.1, -0.05) is 23.7 Å². The van der Waals surface area contributed by atoms with Crippen molar-refractivity contribution in [3.05, 3.63) is 53.1 Å². The average Bonchev–Trinajstić information content (AvgIpc) is 2.28. The normalized spacial score (nSPS) is 10.3. The molecule has 0 saturated carbocycles. The monoisotopic (exact) mass is 246 g/mol. The van der Waals surface area contributed by atoms with Crippen LogP contribution < -0.4 is 10.6 Å². The molecule has 0 saturated heterocycles. The second kappa shape index (κ2) is 4.68. The van der Waals surface area contributed by atoms with E-state index in [2.05, 4.69) is 30.0 Å². The highest BCUT2D eigenvalue weighted by Gasteiger charge is 2.07. The highest BCUT2D eigenvalue weighted by Crippen LogP contribution is 2.31. The van der Waals surface area contributed by atoms with Gasteiger partial charge in [0.2, 0.25) is 0 Å². The van der Waals surface area contributed by atoms with Gasteiger partial charge in [0, 0.05) is 17.8 Å². The van der Waals surface area contributed by atoms with Gasteiger partial charge >= 0.3 is 0 Å². The van der Waals surface area contributed by atoms with Crippen molar-refractivity contribution >= 4 is 28.7 Å². The van der Waals surface area contributed by atoms with Crippen molar-refractivity contribution in [3.8, 4) is 0 Å². The molecule has 0 spiro atoms. The fourth-order valence-corrected chi connectivity index (χ4v) is 1.99. The van der Waals surface area contributed by atoms with Gasteiger partial charge in [0.15, 0.2) is 0 Å². The minimum absolute atomic E-state index is 0.656. The lowest BCUT2D eigenvalue weighted by Crippen LogP contribution is -2.11. The van der Waals surface area contributed by atoms with Gasteiger partial charge in [0.05, 0.1) is 11.4 Å². The Bertz CT molecular complexity index is 537. The van der Waals surface area contributed by atoms with E-state index in [1.165, 1.54) is 5.56 Å². The number of anilines is 3. The molecule has 0 fully saturated rings. The Morgan fingerprint density at radius 3 is 2.53 bits per heavy atom. The summed E-state index contributed by atoms with van der Waals surface area (Å²) in [5, 5.41) is 0.656. The quantitative estimate of drug-likeness (QED) is 0.812. The van der Waals surface area contributed by atoms with E-state index in [4.69, 9.17) is 17.3 Å². The Balaban J connectivity index is 2.40. The lowest BCUT2D eigenvalue weighted by atomic mass is 10.2. The minimum Gasteiger partial charge on any atom is -0.397 e. The second-order valence-corrected chi connectivity index (χ2v) is 4.54. The third-order valence-electron chi connectivity index (χ3n) is 2.74. The lowest BCUT2D eigenvalue weighted by molar-refractivity contribution is 1.20. The maximum absolute atomic E-state index is 5.97. The Morgan fingerprint density at radius 2 is 1.88 bits per heavy atom. The molecular weight excluding hydrogens is 232 g/mol. The van der Waals surface area contributed by atoms with Crippen LogP contribution in [0.1, 0.15) is 5.56 Å². The first-order valence-electron chi connectivity index (χ1n) is 5.43. The molecule has 2 aromatic carbocycles. The van der Waals surface area contributed by atoms with E-state index >= 15 is 0 Å². The van der Waals surface area contributed by atoms with Gasteiger partial charge in [-0.3, -0.25) is 0 Å². The van der Waals surface area contributed by atoms with E-state index in [0.717, 1.165) is 11.4 Å². The van der Waals surface area contributed by atoms with Gasteiger partial charge in [-0.05, 0) is 42.8 Å².